The second kappa shape index (κ2) is 7.70. The average Bonchev–Trinajstić information content (AvgIpc) is 2.72. The standard InChI is InChI=1S/C10H18N6OS/c1-7-8(15-6-14-7)5-18-4-3-13-10(12-2)16-9(11)17/h6-7H,3-5H2,1-2H3,(H4,11,12,13,16,17)/t7-/m0/s1. The largest absolute Gasteiger partial charge is 0.355 e. The Morgan fingerprint density at radius 3 is 3.00 bits per heavy atom. The van der Waals surface area contributed by atoms with Gasteiger partial charge in [-0.2, -0.15) is 11.8 Å². The summed E-state index contributed by atoms with van der Waals surface area (Å²) in [6, 6.07) is -0.420. The fourth-order valence-corrected chi connectivity index (χ4v) is 2.19. The summed E-state index contributed by atoms with van der Waals surface area (Å²) in [5, 5.41) is 5.38. The summed E-state index contributed by atoms with van der Waals surface area (Å²) in [6.45, 7) is 2.72. The van der Waals surface area contributed by atoms with Crippen LogP contribution in [0.3, 0.4) is 0 Å². The summed E-state index contributed by atoms with van der Waals surface area (Å²) < 4.78 is 0. The summed E-state index contributed by atoms with van der Waals surface area (Å²) in [7, 11) is 1.58. The Morgan fingerprint density at radius 1 is 1.67 bits per heavy atom. The molecule has 8 heteroatoms. The van der Waals surface area contributed by atoms with Crippen LogP contribution >= 0.6 is 11.8 Å². The molecule has 1 atom stereocenters. The number of hydrogen-bond donors (Lipinski definition) is 3. The lowest BCUT2D eigenvalue weighted by Crippen LogP contribution is -2.44. The summed E-state index contributed by atoms with van der Waals surface area (Å²) in [5.41, 5.74) is 6.09. The molecule has 0 fully saturated rings. The minimum absolute atomic E-state index is 0.203. The van der Waals surface area contributed by atoms with Crippen LogP contribution in [0.5, 0.6) is 0 Å². The molecule has 1 rings (SSSR count). The van der Waals surface area contributed by atoms with E-state index in [2.05, 4.69) is 25.6 Å². The highest BCUT2D eigenvalue weighted by molar-refractivity contribution is 8.00. The molecule has 7 nitrogen and oxygen atoms in total. The summed E-state index contributed by atoms with van der Waals surface area (Å²) in [5.74, 6) is 2.13. The number of hydrogen-bond acceptors (Lipinski definition) is 5. The Balaban J connectivity index is 2.10. The first-order valence-electron chi connectivity index (χ1n) is 5.56. The number of urea groups is 1. The quantitative estimate of drug-likeness (QED) is 0.367. The average molecular weight is 270 g/mol. The van der Waals surface area contributed by atoms with Gasteiger partial charge in [-0.05, 0) is 6.92 Å². The number of nitrogens with two attached hydrogens (primary N) is 1. The summed E-state index contributed by atoms with van der Waals surface area (Å²) in [6.07, 6.45) is 1.61. The van der Waals surface area contributed by atoms with Gasteiger partial charge >= 0.3 is 6.03 Å². The maximum atomic E-state index is 10.6. The molecule has 0 saturated heterocycles. The van der Waals surface area contributed by atoms with Crippen molar-refractivity contribution < 1.29 is 4.79 Å². The zero-order valence-corrected chi connectivity index (χ0v) is 11.3. The van der Waals surface area contributed by atoms with Gasteiger partial charge in [-0.25, -0.2) is 9.79 Å². The number of aliphatic imine (C=N–C) groups is 3. The van der Waals surface area contributed by atoms with Crippen molar-refractivity contribution in [2.45, 2.75) is 13.0 Å². The molecule has 0 radical (unpaired) electrons. The first kappa shape index (κ1) is 14.5. The topological polar surface area (TPSA) is 104 Å². The third kappa shape index (κ3) is 5.17. The van der Waals surface area contributed by atoms with E-state index < -0.39 is 6.03 Å². The number of rotatable bonds is 5. The molecule has 0 aromatic heterocycles. The second-order valence-electron chi connectivity index (χ2n) is 3.60. The van der Waals surface area contributed by atoms with E-state index in [4.69, 9.17) is 5.73 Å². The molecule has 2 amide bonds. The second-order valence-corrected chi connectivity index (χ2v) is 4.71. The zero-order valence-electron chi connectivity index (χ0n) is 10.5. The Hall–Kier alpha value is -1.57. The van der Waals surface area contributed by atoms with Gasteiger partial charge < -0.3 is 11.1 Å². The zero-order chi connectivity index (χ0) is 13.4. The number of carbonyl (C=O) groups excluding carboxylic acids is 1. The van der Waals surface area contributed by atoms with Crippen molar-refractivity contribution in [2.24, 2.45) is 20.7 Å². The van der Waals surface area contributed by atoms with Crippen LogP contribution in [0.4, 0.5) is 4.79 Å². The van der Waals surface area contributed by atoms with Crippen LogP contribution in [0.1, 0.15) is 6.92 Å². The molecule has 0 saturated carbocycles. The molecule has 1 aliphatic rings. The minimum Gasteiger partial charge on any atom is -0.355 e. The van der Waals surface area contributed by atoms with E-state index in [0.29, 0.717) is 12.5 Å². The van der Waals surface area contributed by atoms with Gasteiger partial charge in [-0.3, -0.25) is 15.3 Å². The maximum Gasteiger partial charge on any atom is 0.318 e. The molecule has 1 heterocycles. The highest BCUT2D eigenvalue weighted by atomic mass is 32.2. The number of carbonyl (C=O) groups is 1. The van der Waals surface area contributed by atoms with Crippen molar-refractivity contribution in [3.05, 3.63) is 0 Å². The molecule has 0 aliphatic carbocycles. The monoisotopic (exact) mass is 270 g/mol. The van der Waals surface area contributed by atoms with Crippen molar-refractivity contribution in [2.75, 3.05) is 25.1 Å². The van der Waals surface area contributed by atoms with E-state index >= 15 is 0 Å². The maximum absolute atomic E-state index is 10.6. The van der Waals surface area contributed by atoms with Crippen molar-refractivity contribution in [1.82, 2.24) is 10.6 Å². The van der Waals surface area contributed by atoms with Crippen LogP contribution < -0.4 is 16.4 Å². The Morgan fingerprint density at radius 2 is 2.44 bits per heavy atom. The van der Waals surface area contributed by atoms with Gasteiger partial charge in [0.05, 0.1) is 11.8 Å². The van der Waals surface area contributed by atoms with Crippen LogP contribution in [-0.4, -0.2) is 55.2 Å². The fraction of sp³-hybridized carbons (Fsp3) is 0.600. The van der Waals surface area contributed by atoms with Gasteiger partial charge in [0.1, 0.15) is 6.34 Å². The van der Waals surface area contributed by atoms with Gasteiger partial charge in [0.25, 0.3) is 0 Å². The minimum atomic E-state index is -0.623. The van der Waals surface area contributed by atoms with Gasteiger partial charge in [0.2, 0.25) is 0 Å². The van der Waals surface area contributed by atoms with Crippen molar-refractivity contribution in [1.29, 1.82) is 0 Å². The van der Waals surface area contributed by atoms with E-state index in [1.165, 1.54) is 0 Å². The number of nitrogens with zero attached hydrogens (tertiary/aromatic N) is 3. The third-order valence-corrected chi connectivity index (χ3v) is 3.24. The van der Waals surface area contributed by atoms with Crippen LogP contribution in [-0.2, 0) is 0 Å². The number of primary amides is 1. The van der Waals surface area contributed by atoms with Crippen LogP contribution in [0, 0.1) is 0 Å². The smallest absolute Gasteiger partial charge is 0.318 e. The van der Waals surface area contributed by atoms with Gasteiger partial charge in [-0.15, -0.1) is 0 Å². The Kier molecular flexibility index (Phi) is 6.20. The molecule has 1 aliphatic heterocycles. The van der Waals surface area contributed by atoms with Gasteiger partial charge in [-0.1, -0.05) is 0 Å². The Labute approximate surface area is 110 Å². The van der Waals surface area contributed by atoms with E-state index in [-0.39, 0.29) is 6.04 Å². The molecular weight excluding hydrogens is 252 g/mol. The van der Waals surface area contributed by atoms with Crippen LogP contribution in [0.2, 0.25) is 0 Å². The SMILES string of the molecule is CN=C(NCCSCC1=NC=N[C@H]1C)NC(N)=O. The third-order valence-electron chi connectivity index (χ3n) is 2.25. The van der Waals surface area contributed by atoms with Crippen molar-refractivity contribution in [3.63, 3.8) is 0 Å². The van der Waals surface area contributed by atoms with E-state index in [1.807, 2.05) is 6.92 Å². The Bertz CT molecular complexity index is 379. The normalized spacial score (nSPS) is 18.7. The number of guanidine groups is 1. The fourth-order valence-electron chi connectivity index (χ4n) is 1.27. The summed E-state index contributed by atoms with van der Waals surface area (Å²) in [4.78, 5) is 22.8. The molecule has 0 aromatic carbocycles. The van der Waals surface area contributed by atoms with E-state index in [0.717, 1.165) is 17.2 Å². The van der Waals surface area contributed by atoms with Crippen LogP contribution in [0.15, 0.2) is 15.0 Å². The molecule has 0 bridgehead atoms. The lowest BCUT2D eigenvalue weighted by Gasteiger charge is -2.09. The molecule has 0 aromatic rings. The van der Waals surface area contributed by atoms with Crippen LogP contribution in [0.25, 0.3) is 0 Å². The predicted molar refractivity (Wildman–Crippen MR) is 76.8 cm³/mol. The first-order valence-corrected chi connectivity index (χ1v) is 6.72. The van der Waals surface area contributed by atoms with Gasteiger partial charge in [0.15, 0.2) is 5.96 Å². The number of thioether (sulfide) groups is 1. The highest BCUT2D eigenvalue weighted by Gasteiger charge is 2.11. The molecule has 100 valence electrons. The molecule has 4 N–H and O–H groups in total. The highest BCUT2D eigenvalue weighted by Crippen LogP contribution is 2.07. The van der Waals surface area contributed by atoms with E-state index in [9.17, 15) is 4.79 Å². The number of amides is 2. The lowest BCUT2D eigenvalue weighted by atomic mass is 10.2. The summed E-state index contributed by atoms with van der Waals surface area (Å²) >= 11 is 1.75. The molecule has 0 spiro atoms. The van der Waals surface area contributed by atoms with Crippen molar-refractivity contribution in [3.8, 4) is 0 Å². The molecular formula is C10H18N6OS. The van der Waals surface area contributed by atoms with E-state index in [1.54, 1.807) is 25.1 Å². The van der Waals surface area contributed by atoms with Gasteiger partial charge in [0, 0.05) is 25.1 Å². The molecule has 18 heavy (non-hydrogen) atoms. The number of nitrogens with one attached hydrogen (secondary N) is 2. The molecule has 0 unspecified atom stereocenters. The predicted octanol–water partition coefficient (Wildman–Crippen LogP) is -0.165. The van der Waals surface area contributed by atoms with Crippen molar-refractivity contribution >= 4 is 35.8 Å². The first-order chi connectivity index (χ1) is 8.63. The lowest BCUT2D eigenvalue weighted by molar-refractivity contribution is 0.253.